The Morgan fingerprint density at radius 2 is 1.35 bits per heavy atom. The SMILES string of the molecule is C[C@H](NC(=O)CCCCCCCCCCC[n+]1ccccc1)[C@@H](O)c1ccccc1.[Br-]. The maximum absolute atomic E-state index is 12.1. The zero-order chi connectivity index (χ0) is 21.4. The Kier molecular flexibility index (Phi) is 14.9. The summed E-state index contributed by atoms with van der Waals surface area (Å²) in [5.74, 6) is 0.0359. The van der Waals surface area contributed by atoms with Gasteiger partial charge in [0.05, 0.1) is 12.1 Å². The molecule has 0 aliphatic carbocycles. The number of aryl methyl sites for hydroxylation is 1. The van der Waals surface area contributed by atoms with Gasteiger partial charge in [0.2, 0.25) is 5.91 Å². The van der Waals surface area contributed by atoms with Crippen LogP contribution in [0.3, 0.4) is 0 Å². The molecule has 1 amide bonds. The third kappa shape index (κ3) is 12.0. The van der Waals surface area contributed by atoms with Crippen LogP contribution in [0.25, 0.3) is 0 Å². The maximum atomic E-state index is 12.1. The molecule has 0 saturated heterocycles. The van der Waals surface area contributed by atoms with Gasteiger partial charge < -0.3 is 27.4 Å². The second-order valence-electron chi connectivity index (χ2n) is 8.26. The molecule has 2 atom stereocenters. The Labute approximate surface area is 198 Å². The number of nitrogens with one attached hydrogen (secondary N) is 1. The van der Waals surface area contributed by atoms with Crippen molar-refractivity contribution >= 4 is 5.91 Å². The fraction of sp³-hybridized carbons (Fsp3) is 0.538. The Bertz CT molecular complexity index is 697. The number of halogens is 1. The van der Waals surface area contributed by atoms with Crippen LogP contribution in [0.5, 0.6) is 0 Å². The second kappa shape index (κ2) is 16.9. The molecule has 31 heavy (non-hydrogen) atoms. The average Bonchev–Trinajstić information content (AvgIpc) is 2.78. The number of hydrogen-bond acceptors (Lipinski definition) is 2. The summed E-state index contributed by atoms with van der Waals surface area (Å²) in [6.45, 7) is 2.97. The first kappa shape index (κ1) is 27.3. The van der Waals surface area contributed by atoms with Crippen molar-refractivity contribution in [2.24, 2.45) is 0 Å². The van der Waals surface area contributed by atoms with Crippen molar-refractivity contribution < 1.29 is 31.4 Å². The summed E-state index contributed by atoms with van der Waals surface area (Å²) in [6, 6.07) is 15.4. The minimum atomic E-state index is -0.665. The molecule has 0 radical (unpaired) electrons. The van der Waals surface area contributed by atoms with E-state index in [2.05, 4.69) is 40.5 Å². The van der Waals surface area contributed by atoms with Gasteiger partial charge in [0.15, 0.2) is 12.4 Å². The van der Waals surface area contributed by atoms with Crippen molar-refractivity contribution in [3.8, 4) is 0 Å². The highest BCUT2D eigenvalue weighted by molar-refractivity contribution is 5.76. The second-order valence-corrected chi connectivity index (χ2v) is 8.26. The molecular weight excluding hydrogens is 452 g/mol. The van der Waals surface area contributed by atoms with Gasteiger partial charge in [-0.25, -0.2) is 4.57 Å². The van der Waals surface area contributed by atoms with Crippen LogP contribution in [-0.4, -0.2) is 17.1 Å². The third-order valence-electron chi connectivity index (χ3n) is 5.60. The van der Waals surface area contributed by atoms with Gasteiger partial charge in [-0.2, -0.15) is 0 Å². The number of amides is 1. The molecule has 1 heterocycles. The highest BCUT2D eigenvalue weighted by Gasteiger charge is 2.17. The zero-order valence-corrected chi connectivity index (χ0v) is 20.5. The number of rotatable bonds is 15. The molecule has 0 aliphatic heterocycles. The number of hydrogen-bond donors (Lipinski definition) is 2. The summed E-state index contributed by atoms with van der Waals surface area (Å²) in [7, 11) is 0. The lowest BCUT2D eigenvalue weighted by Crippen LogP contribution is -3.00. The summed E-state index contributed by atoms with van der Waals surface area (Å²) >= 11 is 0. The van der Waals surface area contributed by atoms with Crippen molar-refractivity contribution in [1.29, 1.82) is 0 Å². The molecule has 0 bridgehead atoms. The molecule has 0 unspecified atom stereocenters. The quantitative estimate of drug-likeness (QED) is 0.296. The van der Waals surface area contributed by atoms with Gasteiger partial charge >= 0.3 is 0 Å². The number of aromatic nitrogens is 1. The van der Waals surface area contributed by atoms with Crippen LogP contribution in [0.4, 0.5) is 0 Å². The first-order valence-electron chi connectivity index (χ1n) is 11.6. The van der Waals surface area contributed by atoms with E-state index < -0.39 is 6.10 Å². The van der Waals surface area contributed by atoms with Gasteiger partial charge in [-0.15, -0.1) is 0 Å². The molecule has 1 aromatic heterocycles. The molecule has 4 nitrogen and oxygen atoms in total. The Morgan fingerprint density at radius 3 is 1.97 bits per heavy atom. The summed E-state index contributed by atoms with van der Waals surface area (Å²) in [5.41, 5.74) is 0.837. The molecule has 1 aromatic carbocycles. The van der Waals surface area contributed by atoms with Crippen LogP contribution >= 0.6 is 0 Å². The van der Waals surface area contributed by atoms with Crippen LogP contribution in [-0.2, 0) is 11.3 Å². The maximum Gasteiger partial charge on any atom is 0.220 e. The van der Waals surface area contributed by atoms with E-state index in [0.29, 0.717) is 6.42 Å². The number of aliphatic hydroxyl groups excluding tert-OH is 1. The van der Waals surface area contributed by atoms with E-state index in [1.807, 2.05) is 37.3 Å². The minimum Gasteiger partial charge on any atom is -1.00 e. The van der Waals surface area contributed by atoms with Crippen LogP contribution < -0.4 is 26.9 Å². The van der Waals surface area contributed by atoms with E-state index in [1.54, 1.807) is 0 Å². The molecule has 2 N–H and O–H groups in total. The number of unbranched alkanes of at least 4 members (excludes halogenated alkanes) is 8. The Balaban J connectivity index is 0.00000480. The lowest BCUT2D eigenvalue weighted by molar-refractivity contribution is -0.697. The molecule has 2 rings (SSSR count). The molecule has 0 saturated carbocycles. The van der Waals surface area contributed by atoms with Crippen LogP contribution in [0.1, 0.15) is 82.8 Å². The van der Waals surface area contributed by atoms with Gasteiger partial charge in [0.1, 0.15) is 6.54 Å². The number of carbonyl (C=O) groups is 1. The smallest absolute Gasteiger partial charge is 0.220 e. The minimum absolute atomic E-state index is 0. The number of carbonyl (C=O) groups excluding carboxylic acids is 1. The Morgan fingerprint density at radius 1 is 0.839 bits per heavy atom. The number of pyridine rings is 1. The summed E-state index contributed by atoms with van der Waals surface area (Å²) in [6.07, 6.45) is 15.1. The lowest BCUT2D eigenvalue weighted by atomic mass is 10.0. The van der Waals surface area contributed by atoms with Crippen molar-refractivity contribution in [2.75, 3.05) is 0 Å². The summed E-state index contributed by atoms with van der Waals surface area (Å²) in [5, 5.41) is 13.3. The average molecular weight is 492 g/mol. The van der Waals surface area contributed by atoms with E-state index in [-0.39, 0.29) is 28.9 Å². The largest absolute Gasteiger partial charge is 1.00 e. The van der Waals surface area contributed by atoms with E-state index in [1.165, 1.54) is 44.9 Å². The van der Waals surface area contributed by atoms with Crippen molar-refractivity contribution in [1.82, 2.24) is 5.32 Å². The summed E-state index contributed by atoms with van der Waals surface area (Å²) in [4.78, 5) is 12.1. The molecule has 5 heteroatoms. The first-order valence-corrected chi connectivity index (χ1v) is 11.6. The van der Waals surface area contributed by atoms with Crippen LogP contribution in [0, 0.1) is 0 Å². The molecule has 0 spiro atoms. The van der Waals surface area contributed by atoms with Gasteiger partial charge in [-0.3, -0.25) is 4.79 Å². The molecule has 0 fully saturated rings. The van der Waals surface area contributed by atoms with Crippen molar-refractivity contribution in [2.45, 2.75) is 89.8 Å². The lowest BCUT2D eigenvalue weighted by Gasteiger charge is -2.20. The fourth-order valence-corrected chi connectivity index (χ4v) is 3.74. The van der Waals surface area contributed by atoms with E-state index in [4.69, 9.17) is 0 Å². The molecule has 172 valence electrons. The summed E-state index contributed by atoms with van der Waals surface area (Å²) < 4.78 is 2.25. The standard InChI is InChI=1S/C26H38N2O2.BrH/c1-23(26(30)24-17-11-9-12-18-24)27-25(29)19-13-7-5-3-2-4-6-8-14-20-28-21-15-10-16-22-28;/h9-12,15-18,21-23,26,30H,2-8,13-14,19-20H2,1H3;1H/t23-,26+;/m0./s1. The highest BCUT2D eigenvalue weighted by atomic mass is 79.9. The van der Waals surface area contributed by atoms with Crippen molar-refractivity contribution in [3.05, 3.63) is 66.5 Å². The Hall–Kier alpha value is -1.72. The monoisotopic (exact) mass is 490 g/mol. The first-order chi connectivity index (χ1) is 14.7. The predicted molar refractivity (Wildman–Crippen MR) is 122 cm³/mol. The van der Waals surface area contributed by atoms with Crippen LogP contribution in [0.2, 0.25) is 0 Å². The molecule has 0 aliphatic rings. The zero-order valence-electron chi connectivity index (χ0n) is 18.9. The van der Waals surface area contributed by atoms with E-state index in [0.717, 1.165) is 24.9 Å². The number of aliphatic hydroxyl groups is 1. The molecular formula is C26H39BrN2O2. The van der Waals surface area contributed by atoms with Crippen molar-refractivity contribution in [3.63, 3.8) is 0 Å². The topological polar surface area (TPSA) is 53.2 Å². The predicted octanol–water partition coefficient (Wildman–Crippen LogP) is 2.12. The van der Waals surface area contributed by atoms with Gasteiger partial charge in [-0.05, 0) is 25.3 Å². The fourth-order valence-electron chi connectivity index (χ4n) is 3.74. The van der Waals surface area contributed by atoms with E-state index in [9.17, 15) is 9.90 Å². The highest BCUT2D eigenvalue weighted by Crippen LogP contribution is 2.16. The molecule has 2 aromatic rings. The number of benzene rings is 1. The third-order valence-corrected chi connectivity index (χ3v) is 5.60. The number of nitrogens with zero attached hydrogens (tertiary/aromatic N) is 1. The normalized spacial score (nSPS) is 12.6. The van der Waals surface area contributed by atoms with E-state index >= 15 is 0 Å². The van der Waals surface area contributed by atoms with Crippen LogP contribution in [0.15, 0.2) is 60.9 Å². The van der Waals surface area contributed by atoms with Gasteiger partial charge in [0, 0.05) is 25.0 Å². The van der Waals surface area contributed by atoms with Gasteiger partial charge in [-0.1, -0.05) is 74.9 Å². The van der Waals surface area contributed by atoms with Gasteiger partial charge in [0.25, 0.3) is 0 Å².